The lowest BCUT2D eigenvalue weighted by atomic mass is 9.89. The SMILES string of the molecule is C1=CCC(N(c2ccc(-c3nc4ccccc4o3)cc2)c2ccc(-c3nc4c(-c5ccccc5-c5ccccc5)ccc(-c5ccccc5-c5ccccc5)c4nc3-c3ccccc3)cc2)C=C1. The number of para-hydroxylation sites is 2. The van der Waals surface area contributed by atoms with Gasteiger partial charge in [0.1, 0.15) is 5.52 Å². The van der Waals surface area contributed by atoms with Gasteiger partial charge in [-0.3, -0.25) is 0 Å². The van der Waals surface area contributed by atoms with E-state index in [1.54, 1.807) is 0 Å². The molecule has 0 saturated carbocycles. The number of anilines is 2. The Bertz CT molecular complexity index is 3600. The highest BCUT2D eigenvalue weighted by atomic mass is 16.3. The van der Waals surface area contributed by atoms with Gasteiger partial charge < -0.3 is 9.32 Å². The number of hydrogen-bond acceptors (Lipinski definition) is 5. The summed E-state index contributed by atoms with van der Waals surface area (Å²) in [4.78, 5) is 18.7. The van der Waals surface area contributed by atoms with E-state index in [4.69, 9.17) is 19.4 Å². The smallest absolute Gasteiger partial charge is 0.227 e. The van der Waals surface area contributed by atoms with Crippen molar-refractivity contribution in [3.8, 4) is 78.5 Å². The summed E-state index contributed by atoms with van der Waals surface area (Å²) in [5, 5.41) is 0. The average molecular weight is 873 g/mol. The molecule has 1 aliphatic rings. The van der Waals surface area contributed by atoms with E-state index >= 15 is 0 Å². The first-order chi connectivity index (χ1) is 33.7. The number of rotatable bonds is 10. The van der Waals surface area contributed by atoms with Crippen molar-refractivity contribution in [2.24, 2.45) is 0 Å². The van der Waals surface area contributed by atoms with Crippen molar-refractivity contribution >= 4 is 33.5 Å². The van der Waals surface area contributed by atoms with Crippen LogP contribution in [0.15, 0.2) is 253 Å². The van der Waals surface area contributed by atoms with Crippen LogP contribution in [0.3, 0.4) is 0 Å². The second-order valence-electron chi connectivity index (χ2n) is 17.0. The molecule has 68 heavy (non-hydrogen) atoms. The maximum Gasteiger partial charge on any atom is 0.227 e. The zero-order valence-corrected chi connectivity index (χ0v) is 37.2. The van der Waals surface area contributed by atoms with Gasteiger partial charge in [-0.05, 0) is 88.3 Å². The van der Waals surface area contributed by atoms with Gasteiger partial charge in [0, 0.05) is 39.2 Å². The third-order valence-corrected chi connectivity index (χ3v) is 12.9. The Morgan fingerprint density at radius 2 is 0.824 bits per heavy atom. The van der Waals surface area contributed by atoms with E-state index < -0.39 is 0 Å². The fraction of sp³-hybridized carbons (Fsp3) is 0.0317. The Morgan fingerprint density at radius 3 is 1.34 bits per heavy atom. The molecule has 2 heterocycles. The second-order valence-corrected chi connectivity index (χ2v) is 17.0. The third kappa shape index (κ3) is 7.66. The van der Waals surface area contributed by atoms with Crippen molar-refractivity contribution < 1.29 is 4.42 Å². The van der Waals surface area contributed by atoms with E-state index in [-0.39, 0.29) is 6.04 Å². The highest BCUT2D eigenvalue weighted by Crippen LogP contribution is 2.44. The van der Waals surface area contributed by atoms with E-state index in [9.17, 15) is 0 Å². The number of allylic oxidation sites excluding steroid dienone is 2. The Hall–Kier alpha value is -8.93. The summed E-state index contributed by atoms with van der Waals surface area (Å²) in [5.74, 6) is 0.610. The lowest BCUT2D eigenvalue weighted by molar-refractivity contribution is 0.620. The van der Waals surface area contributed by atoms with Gasteiger partial charge in [-0.1, -0.05) is 200 Å². The molecule has 0 amide bonds. The largest absolute Gasteiger partial charge is 0.436 e. The maximum absolute atomic E-state index is 6.13. The van der Waals surface area contributed by atoms with Crippen molar-refractivity contribution in [2.45, 2.75) is 12.5 Å². The number of fused-ring (bicyclic) bond motifs is 2. The topological polar surface area (TPSA) is 55.1 Å². The van der Waals surface area contributed by atoms with Gasteiger partial charge in [0.2, 0.25) is 5.89 Å². The van der Waals surface area contributed by atoms with Crippen molar-refractivity contribution in [2.75, 3.05) is 4.90 Å². The summed E-state index contributed by atoms with van der Waals surface area (Å²) >= 11 is 0. The first kappa shape index (κ1) is 40.6. The maximum atomic E-state index is 6.13. The van der Waals surface area contributed by atoms with Crippen molar-refractivity contribution in [3.63, 3.8) is 0 Å². The Labute approximate surface area is 395 Å². The predicted octanol–water partition coefficient (Wildman–Crippen LogP) is 16.5. The van der Waals surface area contributed by atoms with Crippen LogP contribution in [0.2, 0.25) is 0 Å². The highest BCUT2D eigenvalue weighted by Gasteiger charge is 2.24. The van der Waals surface area contributed by atoms with E-state index in [1.165, 1.54) is 0 Å². The van der Waals surface area contributed by atoms with Crippen LogP contribution in [0.25, 0.3) is 101 Å². The summed E-state index contributed by atoms with van der Waals surface area (Å²) in [7, 11) is 0. The van der Waals surface area contributed by atoms with Gasteiger partial charge in [-0.2, -0.15) is 0 Å². The molecule has 0 radical (unpaired) electrons. The Kier molecular flexibility index (Phi) is 10.6. The summed E-state index contributed by atoms with van der Waals surface area (Å²) < 4.78 is 6.13. The molecular formula is C63H44N4O. The second kappa shape index (κ2) is 17.8. The molecule has 0 N–H and O–H groups in total. The van der Waals surface area contributed by atoms with E-state index in [1.807, 2.05) is 24.3 Å². The van der Waals surface area contributed by atoms with Gasteiger partial charge >= 0.3 is 0 Å². The van der Waals surface area contributed by atoms with Crippen LogP contribution in [0.5, 0.6) is 0 Å². The minimum Gasteiger partial charge on any atom is -0.436 e. The molecule has 0 bridgehead atoms. The molecule has 1 aliphatic carbocycles. The molecule has 9 aromatic carbocycles. The van der Waals surface area contributed by atoms with Crippen LogP contribution < -0.4 is 4.90 Å². The lowest BCUT2D eigenvalue weighted by Crippen LogP contribution is -2.29. The van der Waals surface area contributed by atoms with Crippen molar-refractivity contribution in [1.29, 1.82) is 0 Å². The minimum absolute atomic E-state index is 0.116. The molecule has 0 saturated heterocycles. The molecule has 0 fully saturated rings. The number of nitrogens with zero attached hydrogens (tertiary/aromatic N) is 4. The molecule has 0 spiro atoms. The molecule has 5 heteroatoms. The molecule has 1 atom stereocenters. The van der Waals surface area contributed by atoms with Crippen molar-refractivity contribution in [3.05, 3.63) is 249 Å². The summed E-state index contributed by atoms with van der Waals surface area (Å²) in [5.41, 5.74) is 18.8. The van der Waals surface area contributed by atoms with Gasteiger partial charge in [-0.15, -0.1) is 0 Å². The lowest BCUT2D eigenvalue weighted by Gasteiger charge is -2.32. The van der Waals surface area contributed by atoms with Gasteiger partial charge in [0.05, 0.1) is 28.5 Å². The summed E-state index contributed by atoms with van der Waals surface area (Å²) in [6, 6.07) is 78.8. The zero-order chi connectivity index (χ0) is 45.2. The van der Waals surface area contributed by atoms with Crippen LogP contribution in [-0.2, 0) is 0 Å². The zero-order valence-electron chi connectivity index (χ0n) is 37.2. The van der Waals surface area contributed by atoms with E-state index in [0.29, 0.717) is 5.89 Å². The fourth-order valence-corrected chi connectivity index (χ4v) is 9.57. The van der Waals surface area contributed by atoms with E-state index in [0.717, 1.165) is 113 Å². The Morgan fingerprint density at radius 1 is 0.368 bits per heavy atom. The van der Waals surface area contributed by atoms with Gasteiger partial charge in [0.15, 0.2) is 5.58 Å². The summed E-state index contributed by atoms with van der Waals surface area (Å²) in [6.45, 7) is 0. The van der Waals surface area contributed by atoms with Crippen molar-refractivity contribution in [1.82, 2.24) is 15.0 Å². The quantitative estimate of drug-likeness (QED) is 0.137. The number of aromatic nitrogens is 3. The van der Waals surface area contributed by atoms with Crippen LogP contribution in [0, 0.1) is 0 Å². The summed E-state index contributed by atoms with van der Waals surface area (Å²) in [6.07, 6.45) is 9.64. The Balaban J connectivity index is 1.03. The molecule has 1 unspecified atom stereocenters. The van der Waals surface area contributed by atoms with Crippen LogP contribution in [0.4, 0.5) is 11.4 Å². The molecule has 5 nitrogen and oxygen atoms in total. The normalized spacial score (nSPS) is 13.3. The van der Waals surface area contributed by atoms with Crippen LogP contribution in [0.1, 0.15) is 6.42 Å². The number of hydrogen-bond donors (Lipinski definition) is 0. The van der Waals surface area contributed by atoms with Gasteiger partial charge in [-0.25, -0.2) is 15.0 Å². The molecule has 322 valence electrons. The highest BCUT2D eigenvalue weighted by molar-refractivity contribution is 6.06. The standard InChI is InChI=1S/C63H44N4O/c1-5-19-43(20-6-1)51-27-13-15-29-53(51)55-41-42-56(54-30-16-14-28-52(54)44-21-7-2-8-22-44)62-61(55)65-59(45-23-9-3-10-24-45)60(66-62)46-33-37-49(38-34-46)67(48-25-11-4-12-26-48)50-39-35-47(36-40-50)63-64-57-31-17-18-32-58(57)68-63/h1-25,27-42,48H,26H2. The van der Waals surface area contributed by atoms with Gasteiger partial charge in [0.25, 0.3) is 0 Å². The van der Waals surface area contributed by atoms with Crippen LogP contribution >= 0.6 is 0 Å². The molecular weight excluding hydrogens is 829 g/mol. The number of oxazole rings is 1. The van der Waals surface area contributed by atoms with E-state index in [2.05, 4.69) is 229 Å². The fourth-order valence-electron chi connectivity index (χ4n) is 9.57. The monoisotopic (exact) mass is 872 g/mol. The average Bonchev–Trinajstić information content (AvgIpc) is 3.87. The molecule has 11 aromatic rings. The third-order valence-electron chi connectivity index (χ3n) is 12.9. The minimum atomic E-state index is 0.116. The number of benzene rings is 9. The first-order valence-corrected chi connectivity index (χ1v) is 23.1. The van der Waals surface area contributed by atoms with Crippen LogP contribution in [-0.4, -0.2) is 21.0 Å². The molecule has 12 rings (SSSR count). The first-order valence-electron chi connectivity index (χ1n) is 23.1. The molecule has 0 aliphatic heterocycles. The molecule has 2 aromatic heterocycles. The predicted molar refractivity (Wildman–Crippen MR) is 280 cm³/mol.